The maximum atomic E-state index is 13.7. The highest BCUT2D eigenvalue weighted by Gasteiger charge is 2.36. The van der Waals surface area contributed by atoms with Crippen molar-refractivity contribution in [1.29, 1.82) is 0 Å². The van der Waals surface area contributed by atoms with E-state index in [2.05, 4.69) is 4.98 Å². The smallest absolute Gasteiger partial charge is 0.416 e. The molecule has 8 heteroatoms. The Balaban J connectivity index is 1.35. The zero-order chi connectivity index (χ0) is 23.2. The van der Waals surface area contributed by atoms with Crippen LogP contribution in [0.15, 0.2) is 36.4 Å². The molecule has 0 radical (unpaired) electrons. The number of rotatable bonds is 6. The van der Waals surface area contributed by atoms with Crippen molar-refractivity contribution in [2.45, 2.75) is 69.7 Å². The molecule has 3 aromatic rings. The van der Waals surface area contributed by atoms with Gasteiger partial charge in [0.15, 0.2) is 0 Å². The molecule has 1 atom stereocenters. The van der Waals surface area contributed by atoms with Gasteiger partial charge in [0.25, 0.3) is 0 Å². The van der Waals surface area contributed by atoms with E-state index in [-0.39, 0.29) is 24.9 Å². The van der Waals surface area contributed by atoms with Gasteiger partial charge in [0.2, 0.25) is 0 Å². The summed E-state index contributed by atoms with van der Waals surface area (Å²) >= 11 is 0. The summed E-state index contributed by atoms with van der Waals surface area (Å²) in [4.78, 5) is 15.7. The van der Waals surface area contributed by atoms with Crippen LogP contribution in [0.4, 0.5) is 13.2 Å². The van der Waals surface area contributed by atoms with Crippen LogP contribution in [-0.4, -0.2) is 20.6 Å². The lowest BCUT2D eigenvalue weighted by atomic mass is 9.91. The molecule has 33 heavy (non-hydrogen) atoms. The SMILES string of the molecule is O=C(O)C[C@@H]1CCn2c1nc1cc(OCc3ccc(C4CCCC4)c(C(F)(F)F)c3)ccc12. The van der Waals surface area contributed by atoms with E-state index in [1.807, 2.05) is 10.6 Å². The number of alkyl halides is 3. The average Bonchev–Trinajstić information content (AvgIpc) is 3.49. The molecule has 1 N–H and O–H groups in total. The van der Waals surface area contributed by atoms with Crippen molar-refractivity contribution in [2.24, 2.45) is 0 Å². The number of nitrogens with zero attached hydrogens (tertiary/aromatic N) is 2. The monoisotopic (exact) mass is 458 g/mol. The second kappa shape index (κ2) is 8.39. The third-order valence-corrected chi connectivity index (χ3v) is 6.86. The van der Waals surface area contributed by atoms with Crippen molar-refractivity contribution < 1.29 is 27.8 Å². The van der Waals surface area contributed by atoms with Crippen LogP contribution in [0.1, 0.15) is 72.9 Å². The van der Waals surface area contributed by atoms with Crippen LogP contribution in [-0.2, 0) is 24.1 Å². The molecule has 0 bridgehead atoms. The molecule has 1 aromatic heterocycles. The first-order chi connectivity index (χ1) is 15.8. The highest BCUT2D eigenvalue weighted by atomic mass is 19.4. The van der Waals surface area contributed by atoms with Gasteiger partial charge in [0.1, 0.15) is 18.2 Å². The molecular weight excluding hydrogens is 433 g/mol. The number of aryl methyl sites for hydroxylation is 1. The van der Waals surface area contributed by atoms with E-state index in [9.17, 15) is 18.0 Å². The fourth-order valence-corrected chi connectivity index (χ4v) is 5.28. The molecule has 5 rings (SSSR count). The van der Waals surface area contributed by atoms with Crippen molar-refractivity contribution in [2.75, 3.05) is 0 Å². The average molecular weight is 458 g/mol. The zero-order valence-corrected chi connectivity index (χ0v) is 18.1. The van der Waals surface area contributed by atoms with Gasteiger partial charge in [-0.3, -0.25) is 4.79 Å². The molecule has 2 aliphatic rings. The molecule has 5 nitrogen and oxygen atoms in total. The van der Waals surface area contributed by atoms with Crippen LogP contribution in [0.5, 0.6) is 5.75 Å². The second-order valence-electron chi connectivity index (χ2n) is 9.05. The molecule has 0 saturated heterocycles. The predicted molar refractivity (Wildman–Crippen MR) is 116 cm³/mol. The van der Waals surface area contributed by atoms with Crippen molar-refractivity contribution in [3.63, 3.8) is 0 Å². The van der Waals surface area contributed by atoms with Crippen LogP contribution < -0.4 is 4.74 Å². The van der Waals surface area contributed by atoms with Crippen molar-refractivity contribution >= 4 is 17.0 Å². The molecule has 174 valence electrons. The lowest BCUT2D eigenvalue weighted by Crippen LogP contribution is -2.12. The Hall–Kier alpha value is -3.03. The summed E-state index contributed by atoms with van der Waals surface area (Å²) < 4.78 is 49.0. The maximum Gasteiger partial charge on any atom is 0.416 e. The Morgan fingerprint density at radius 3 is 2.64 bits per heavy atom. The Kier molecular flexibility index (Phi) is 5.54. The normalized spacial score (nSPS) is 18.7. The number of imidazole rings is 1. The van der Waals surface area contributed by atoms with Crippen molar-refractivity contribution in [3.8, 4) is 5.75 Å². The Morgan fingerprint density at radius 1 is 1.12 bits per heavy atom. The molecule has 1 aliphatic heterocycles. The number of carboxylic acid groups (broad SMARTS) is 1. The largest absolute Gasteiger partial charge is 0.489 e. The van der Waals surface area contributed by atoms with Crippen LogP contribution >= 0.6 is 0 Å². The number of carbonyl (C=O) groups is 1. The summed E-state index contributed by atoms with van der Waals surface area (Å²) in [5, 5.41) is 9.12. The molecular formula is C25H25F3N2O3. The van der Waals surface area contributed by atoms with E-state index in [1.54, 1.807) is 24.3 Å². The molecule has 0 spiro atoms. The molecule has 2 aromatic carbocycles. The quantitative estimate of drug-likeness (QED) is 0.474. The minimum absolute atomic E-state index is 0.0215. The first kappa shape index (κ1) is 21.8. The summed E-state index contributed by atoms with van der Waals surface area (Å²) in [5.41, 5.74) is 1.92. The van der Waals surface area contributed by atoms with Gasteiger partial charge in [-0.15, -0.1) is 0 Å². The van der Waals surface area contributed by atoms with E-state index in [0.717, 1.165) is 50.0 Å². The lowest BCUT2D eigenvalue weighted by Gasteiger charge is -2.19. The molecule has 1 fully saturated rings. The van der Waals surface area contributed by atoms with E-state index in [1.165, 1.54) is 6.07 Å². The Labute approximate surface area is 189 Å². The number of halogens is 3. The maximum absolute atomic E-state index is 13.7. The van der Waals surface area contributed by atoms with E-state index in [0.29, 0.717) is 22.4 Å². The number of aromatic nitrogens is 2. The van der Waals surface area contributed by atoms with Crippen LogP contribution in [0, 0.1) is 0 Å². The van der Waals surface area contributed by atoms with Gasteiger partial charge in [-0.1, -0.05) is 25.0 Å². The number of hydrogen-bond acceptors (Lipinski definition) is 3. The summed E-state index contributed by atoms with van der Waals surface area (Å²) in [6, 6.07) is 9.96. The van der Waals surface area contributed by atoms with Crippen LogP contribution in [0.3, 0.4) is 0 Å². The van der Waals surface area contributed by atoms with E-state index >= 15 is 0 Å². The van der Waals surface area contributed by atoms with Gasteiger partial charge in [-0.25, -0.2) is 4.98 Å². The molecule has 0 amide bonds. The first-order valence-corrected chi connectivity index (χ1v) is 11.3. The van der Waals surface area contributed by atoms with Gasteiger partial charge in [0.05, 0.1) is 23.0 Å². The predicted octanol–water partition coefficient (Wildman–Crippen LogP) is 6.25. The van der Waals surface area contributed by atoms with Crippen LogP contribution in [0.2, 0.25) is 0 Å². The topological polar surface area (TPSA) is 64.3 Å². The fraction of sp³-hybridized carbons (Fsp3) is 0.440. The minimum Gasteiger partial charge on any atom is -0.489 e. The zero-order valence-electron chi connectivity index (χ0n) is 18.1. The number of aliphatic carboxylic acids is 1. The van der Waals surface area contributed by atoms with Crippen LogP contribution in [0.25, 0.3) is 11.0 Å². The first-order valence-electron chi connectivity index (χ1n) is 11.3. The number of carboxylic acids is 1. The Bertz CT molecular complexity index is 1200. The third kappa shape index (κ3) is 4.30. The van der Waals surface area contributed by atoms with Gasteiger partial charge in [-0.2, -0.15) is 13.2 Å². The number of ether oxygens (including phenoxy) is 1. The molecule has 1 saturated carbocycles. The molecule has 1 aliphatic carbocycles. The van der Waals surface area contributed by atoms with Gasteiger partial charge in [0, 0.05) is 18.5 Å². The third-order valence-electron chi connectivity index (χ3n) is 6.86. The standard InChI is InChI=1S/C25H25F3N2O3/c26-25(27,28)20-11-15(5-7-19(20)16-3-1-2-4-16)14-33-18-6-8-22-21(13-18)29-24-17(12-23(31)32)9-10-30(22)24/h5-8,11,13,16-17H,1-4,9-10,12,14H2,(H,31,32)/t17-/m0/s1. The van der Waals surface area contributed by atoms with Gasteiger partial charge >= 0.3 is 12.1 Å². The highest BCUT2D eigenvalue weighted by Crippen LogP contribution is 2.42. The number of hydrogen-bond donors (Lipinski definition) is 1. The van der Waals surface area contributed by atoms with Gasteiger partial charge < -0.3 is 14.4 Å². The fourth-order valence-electron chi connectivity index (χ4n) is 5.28. The second-order valence-corrected chi connectivity index (χ2v) is 9.05. The van der Waals surface area contributed by atoms with E-state index < -0.39 is 17.7 Å². The van der Waals surface area contributed by atoms with Crippen molar-refractivity contribution in [3.05, 3.63) is 58.9 Å². The lowest BCUT2D eigenvalue weighted by molar-refractivity contribution is -0.139. The Morgan fingerprint density at radius 2 is 1.91 bits per heavy atom. The van der Waals surface area contributed by atoms with Crippen molar-refractivity contribution in [1.82, 2.24) is 9.55 Å². The number of benzene rings is 2. The number of fused-ring (bicyclic) bond motifs is 3. The highest BCUT2D eigenvalue weighted by molar-refractivity contribution is 5.78. The molecule has 0 unspecified atom stereocenters. The molecule has 2 heterocycles. The van der Waals surface area contributed by atoms with Gasteiger partial charge in [-0.05, 0) is 54.5 Å². The summed E-state index contributed by atoms with van der Waals surface area (Å²) in [6.45, 7) is 0.742. The summed E-state index contributed by atoms with van der Waals surface area (Å²) in [5.74, 6) is 0.302. The van der Waals surface area contributed by atoms with E-state index in [4.69, 9.17) is 9.84 Å². The summed E-state index contributed by atoms with van der Waals surface area (Å²) in [7, 11) is 0. The minimum atomic E-state index is -4.39. The summed E-state index contributed by atoms with van der Waals surface area (Å²) in [6.07, 6.45) is -0.0297.